The van der Waals surface area contributed by atoms with E-state index in [9.17, 15) is 4.39 Å². The van der Waals surface area contributed by atoms with Gasteiger partial charge in [0.15, 0.2) is 0 Å². The van der Waals surface area contributed by atoms with Crippen LogP contribution >= 0.6 is 24.8 Å². The lowest BCUT2D eigenvalue weighted by molar-refractivity contribution is 0.587. The molecule has 0 fully saturated rings. The van der Waals surface area contributed by atoms with Crippen molar-refractivity contribution in [3.8, 4) is 0 Å². The highest BCUT2D eigenvalue weighted by Crippen LogP contribution is 2.05. The molecule has 0 bridgehead atoms. The van der Waals surface area contributed by atoms with Crippen molar-refractivity contribution < 1.29 is 4.39 Å². The first-order valence-corrected chi connectivity index (χ1v) is 2.41. The van der Waals surface area contributed by atoms with Crippen molar-refractivity contribution in [2.45, 2.75) is 0 Å². The first-order chi connectivity index (χ1) is 4.34. The average Bonchev–Trinajstić information content (AvgIpc) is 1.89. The van der Waals surface area contributed by atoms with Crippen molar-refractivity contribution >= 4 is 30.5 Å². The second-order valence-corrected chi connectivity index (χ2v) is 1.49. The van der Waals surface area contributed by atoms with Gasteiger partial charge in [-0.1, -0.05) is 0 Å². The molecule has 0 aromatic carbocycles. The number of hydrogen-bond acceptors (Lipinski definition) is 3. The zero-order valence-corrected chi connectivity index (χ0v) is 7.08. The van der Waals surface area contributed by atoms with E-state index in [-0.39, 0.29) is 30.5 Å². The third kappa shape index (κ3) is 3.36. The summed E-state index contributed by atoms with van der Waals surface area (Å²) in [5.41, 5.74) is 2.36. The Labute approximate surface area is 76.0 Å². The molecule has 0 unspecified atom stereocenters. The van der Waals surface area contributed by atoms with Crippen LogP contribution in [-0.4, -0.2) is 4.98 Å². The molecule has 0 aliphatic heterocycles. The zero-order chi connectivity index (χ0) is 6.69. The summed E-state index contributed by atoms with van der Waals surface area (Å²) in [6, 6.07) is 3.10. The SMILES string of the molecule is Cl.Cl.NNc1cccnc1F. The van der Waals surface area contributed by atoms with Gasteiger partial charge in [-0.25, -0.2) is 4.98 Å². The molecule has 0 saturated carbocycles. The Bertz CT molecular complexity index is 209. The minimum Gasteiger partial charge on any atom is -0.320 e. The van der Waals surface area contributed by atoms with E-state index in [4.69, 9.17) is 5.84 Å². The molecular formula is C5H8Cl2FN3. The fourth-order valence-corrected chi connectivity index (χ4v) is 0.494. The van der Waals surface area contributed by atoms with E-state index in [1.165, 1.54) is 12.3 Å². The minimum atomic E-state index is -0.583. The van der Waals surface area contributed by atoms with Crippen LogP contribution in [0.15, 0.2) is 18.3 Å². The molecule has 0 amide bonds. The van der Waals surface area contributed by atoms with Gasteiger partial charge in [0.2, 0.25) is 5.95 Å². The number of nitrogen functional groups attached to an aromatic ring is 1. The second kappa shape index (κ2) is 6.15. The minimum absolute atomic E-state index is 0. The number of anilines is 1. The predicted molar refractivity (Wildman–Crippen MR) is 46.5 cm³/mol. The standard InChI is InChI=1S/C5H6FN3.2ClH/c6-5-4(9-7)2-1-3-8-5;;/h1-3,9H,7H2;2*1H. The highest BCUT2D eigenvalue weighted by molar-refractivity contribution is 5.85. The van der Waals surface area contributed by atoms with Crippen molar-refractivity contribution in [1.82, 2.24) is 4.98 Å². The molecule has 3 nitrogen and oxygen atoms in total. The number of pyridine rings is 1. The summed E-state index contributed by atoms with van der Waals surface area (Å²) in [5, 5.41) is 0. The zero-order valence-electron chi connectivity index (χ0n) is 5.45. The molecule has 1 aromatic rings. The molecule has 1 heterocycles. The van der Waals surface area contributed by atoms with Crippen LogP contribution in [0.2, 0.25) is 0 Å². The molecule has 11 heavy (non-hydrogen) atoms. The topological polar surface area (TPSA) is 50.9 Å². The van der Waals surface area contributed by atoms with Crippen LogP contribution in [-0.2, 0) is 0 Å². The summed E-state index contributed by atoms with van der Waals surface area (Å²) in [5.74, 6) is 4.34. The highest BCUT2D eigenvalue weighted by Gasteiger charge is 1.95. The number of nitrogens with one attached hydrogen (secondary N) is 1. The quantitative estimate of drug-likeness (QED) is 0.408. The number of nitrogens with two attached hydrogens (primary N) is 1. The van der Waals surface area contributed by atoms with Crippen LogP contribution < -0.4 is 11.3 Å². The third-order valence-electron chi connectivity index (χ3n) is 0.915. The molecule has 6 heteroatoms. The van der Waals surface area contributed by atoms with Gasteiger partial charge in [0.05, 0.1) is 0 Å². The summed E-state index contributed by atoms with van der Waals surface area (Å²) < 4.78 is 12.3. The fraction of sp³-hybridized carbons (Fsp3) is 0. The average molecular weight is 200 g/mol. The van der Waals surface area contributed by atoms with Gasteiger partial charge in [-0.2, -0.15) is 4.39 Å². The molecule has 0 saturated heterocycles. The van der Waals surface area contributed by atoms with Crippen LogP contribution in [0, 0.1) is 5.95 Å². The Morgan fingerprint density at radius 1 is 1.45 bits per heavy atom. The fourth-order valence-electron chi connectivity index (χ4n) is 0.494. The monoisotopic (exact) mass is 199 g/mol. The van der Waals surface area contributed by atoms with Crippen LogP contribution in [0.1, 0.15) is 0 Å². The molecule has 0 aliphatic rings. The Morgan fingerprint density at radius 2 is 2.09 bits per heavy atom. The molecule has 0 radical (unpaired) electrons. The van der Waals surface area contributed by atoms with Gasteiger partial charge in [0, 0.05) is 6.20 Å². The first-order valence-electron chi connectivity index (χ1n) is 2.41. The summed E-state index contributed by atoms with van der Waals surface area (Å²) in [7, 11) is 0. The van der Waals surface area contributed by atoms with E-state index in [0.717, 1.165) is 0 Å². The van der Waals surface area contributed by atoms with E-state index in [2.05, 4.69) is 10.4 Å². The number of nitrogens with zero attached hydrogens (tertiary/aromatic N) is 1. The van der Waals surface area contributed by atoms with Crippen molar-refractivity contribution in [1.29, 1.82) is 0 Å². The third-order valence-corrected chi connectivity index (χ3v) is 0.915. The van der Waals surface area contributed by atoms with Crippen molar-refractivity contribution in [3.63, 3.8) is 0 Å². The van der Waals surface area contributed by atoms with E-state index in [1.807, 2.05) is 0 Å². The maximum atomic E-state index is 12.3. The Balaban J connectivity index is 0. The van der Waals surface area contributed by atoms with E-state index in [1.54, 1.807) is 6.07 Å². The molecule has 1 rings (SSSR count). The molecule has 0 spiro atoms. The highest BCUT2D eigenvalue weighted by atomic mass is 35.5. The molecule has 0 aliphatic carbocycles. The largest absolute Gasteiger partial charge is 0.320 e. The molecule has 3 N–H and O–H groups in total. The Hall–Kier alpha value is -0.580. The van der Waals surface area contributed by atoms with Crippen LogP contribution in [0.4, 0.5) is 10.1 Å². The maximum Gasteiger partial charge on any atom is 0.237 e. The van der Waals surface area contributed by atoms with Gasteiger partial charge in [-0.3, -0.25) is 5.84 Å². The maximum absolute atomic E-state index is 12.3. The lowest BCUT2D eigenvalue weighted by Crippen LogP contribution is -2.08. The predicted octanol–water partition coefficient (Wildman–Crippen LogP) is 1.35. The van der Waals surface area contributed by atoms with E-state index < -0.39 is 5.95 Å². The lowest BCUT2D eigenvalue weighted by Gasteiger charge is -1.96. The van der Waals surface area contributed by atoms with Crippen molar-refractivity contribution in [2.75, 3.05) is 5.43 Å². The van der Waals surface area contributed by atoms with Crippen LogP contribution in [0.3, 0.4) is 0 Å². The van der Waals surface area contributed by atoms with Crippen LogP contribution in [0.5, 0.6) is 0 Å². The van der Waals surface area contributed by atoms with Crippen LogP contribution in [0.25, 0.3) is 0 Å². The van der Waals surface area contributed by atoms with Gasteiger partial charge in [-0.15, -0.1) is 24.8 Å². The lowest BCUT2D eigenvalue weighted by atomic mass is 10.4. The Kier molecular flexibility index (Phi) is 7.29. The summed E-state index contributed by atoms with van der Waals surface area (Å²) in [4.78, 5) is 3.34. The number of rotatable bonds is 1. The van der Waals surface area contributed by atoms with Gasteiger partial charge in [0.25, 0.3) is 0 Å². The van der Waals surface area contributed by atoms with Gasteiger partial charge in [-0.05, 0) is 12.1 Å². The number of hydrazine groups is 1. The molecule has 0 atom stereocenters. The Morgan fingerprint density at radius 3 is 2.45 bits per heavy atom. The number of hydrogen-bond donors (Lipinski definition) is 2. The summed E-state index contributed by atoms with van der Waals surface area (Å²) in [6.07, 6.45) is 1.36. The first kappa shape index (κ1) is 13.0. The number of halogens is 3. The molecule has 1 aromatic heterocycles. The van der Waals surface area contributed by atoms with E-state index in [0.29, 0.717) is 0 Å². The molecule has 64 valence electrons. The van der Waals surface area contributed by atoms with Crippen molar-refractivity contribution in [3.05, 3.63) is 24.3 Å². The van der Waals surface area contributed by atoms with Gasteiger partial charge < -0.3 is 5.43 Å². The second-order valence-electron chi connectivity index (χ2n) is 1.49. The molecular weight excluding hydrogens is 192 g/mol. The summed E-state index contributed by atoms with van der Waals surface area (Å²) >= 11 is 0. The van der Waals surface area contributed by atoms with Crippen molar-refractivity contribution in [2.24, 2.45) is 5.84 Å². The normalized spacial score (nSPS) is 7.45. The van der Waals surface area contributed by atoms with Gasteiger partial charge in [0.1, 0.15) is 5.69 Å². The number of aromatic nitrogens is 1. The van der Waals surface area contributed by atoms with Gasteiger partial charge >= 0.3 is 0 Å². The summed E-state index contributed by atoms with van der Waals surface area (Å²) in [6.45, 7) is 0. The van der Waals surface area contributed by atoms with E-state index >= 15 is 0 Å². The smallest absolute Gasteiger partial charge is 0.237 e.